The van der Waals surface area contributed by atoms with Crippen LogP contribution in [0.4, 0.5) is 11.8 Å². The van der Waals surface area contributed by atoms with Gasteiger partial charge in [-0.3, -0.25) is 0 Å². The second-order valence-electron chi connectivity index (χ2n) is 6.10. The molecule has 0 amide bonds. The molecule has 2 aromatic carbocycles. The minimum Gasteiger partial charge on any atom is -0.368 e. The number of hydrogen-bond acceptors (Lipinski definition) is 4. The van der Waals surface area contributed by atoms with Crippen LogP contribution >= 0.6 is 0 Å². The van der Waals surface area contributed by atoms with Gasteiger partial charge in [0.15, 0.2) is 0 Å². The standard InChI is InChI=1S/C21H24N4/c1-2-19(17-11-7-4-8-12-17)24-20-18(15-23-21(22)25-20)14-13-16-9-5-3-6-10-16/h3-12,15,19H,2,13-14H2,1H3,(H3,22,23,24,25)/t19-/m0/s1. The predicted molar refractivity (Wildman–Crippen MR) is 103 cm³/mol. The quantitative estimate of drug-likeness (QED) is 0.673. The fourth-order valence-corrected chi connectivity index (χ4v) is 2.92. The molecular formula is C21H24N4. The van der Waals surface area contributed by atoms with Crippen LogP contribution in [0.15, 0.2) is 66.9 Å². The molecule has 3 N–H and O–H groups in total. The second-order valence-corrected chi connectivity index (χ2v) is 6.10. The predicted octanol–water partition coefficient (Wildman–Crippen LogP) is 4.41. The van der Waals surface area contributed by atoms with Crippen LogP contribution < -0.4 is 11.1 Å². The van der Waals surface area contributed by atoms with E-state index >= 15 is 0 Å². The number of aryl methyl sites for hydroxylation is 2. The van der Waals surface area contributed by atoms with E-state index in [1.165, 1.54) is 11.1 Å². The average molecular weight is 332 g/mol. The zero-order chi connectivity index (χ0) is 17.5. The molecule has 0 saturated heterocycles. The molecule has 128 valence electrons. The molecule has 0 saturated carbocycles. The number of benzene rings is 2. The van der Waals surface area contributed by atoms with E-state index < -0.39 is 0 Å². The highest BCUT2D eigenvalue weighted by Crippen LogP contribution is 2.24. The molecule has 0 aliphatic carbocycles. The lowest BCUT2D eigenvalue weighted by molar-refractivity contribution is 0.740. The molecule has 0 radical (unpaired) electrons. The Labute approximate surface area is 149 Å². The Morgan fingerprint density at radius 1 is 0.960 bits per heavy atom. The summed E-state index contributed by atoms with van der Waals surface area (Å²) >= 11 is 0. The molecule has 25 heavy (non-hydrogen) atoms. The first-order valence-corrected chi connectivity index (χ1v) is 8.73. The molecule has 1 aromatic heterocycles. The molecule has 0 aliphatic heterocycles. The van der Waals surface area contributed by atoms with Crippen molar-refractivity contribution in [1.82, 2.24) is 9.97 Å². The Balaban J connectivity index is 1.79. The average Bonchev–Trinajstić information content (AvgIpc) is 2.67. The van der Waals surface area contributed by atoms with E-state index in [2.05, 4.69) is 70.7 Å². The fourth-order valence-electron chi connectivity index (χ4n) is 2.92. The Morgan fingerprint density at radius 2 is 1.64 bits per heavy atom. The highest BCUT2D eigenvalue weighted by molar-refractivity contribution is 5.48. The van der Waals surface area contributed by atoms with Crippen molar-refractivity contribution in [2.24, 2.45) is 0 Å². The molecule has 4 heteroatoms. The molecule has 0 bridgehead atoms. The number of rotatable bonds is 7. The van der Waals surface area contributed by atoms with Gasteiger partial charge in [-0.2, -0.15) is 4.98 Å². The molecular weight excluding hydrogens is 308 g/mol. The summed E-state index contributed by atoms with van der Waals surface area (Å²) in [5.41, 5.74) is 9.47. The van der Waals surface area contributed by atoms with Crippen LogP contribution in [0.5, 0.6) is 0 Å². The van der Waals surface area contributed by atoms with Crippen LogP contribution in [0.2, 0.25) is 0 Å². The normalized spacial score (nSPS) is 11.9. The van der Waals surface area contributed by atoms with Gasteiger partial charge >= 0.3 is 0 Å². The summed E-state index contributed by atoms with van der Waals surface area (Å²) in [5.74, 6) is 1.13. The van der Waals surface area contributed by atoms with E-state index in [0.29, 0.717) is 5.95 Å². The van der Waals surface area contributed by atoms with Crippen LogP contribution in [-0.2, 0) is 12.8 Å². The van der Waals surface area contributed by atoms with Gasteiger partial charge < -0.3 is 11.1 Å². The molecule has 4 nitrogen and oxygen atoms in total. The van der Waals surface area contributed by atoms with E-state index in [-0.39, 0.29) is 6.04 Å². The van der Waals surface area contributed by atoms with Crippen molar-refractivity contribution in [2.75, 3.05) is 11.1 Å². The van der Waals surface area contributed by atoms with Crippen LogP contribution in [0, 0.1) is 0 Å². The number of nitrogens with two attached hydrogens (primary N) is 1. The third kappa shape index (κ3) is 4.57. The number of nitrogens with one attached hydrogen (secondary N) is 1. The Kier molecular flexibility index (Phi) is 5.62. The van der Waals surface area contributed by atoms with E-state index in [4.69, 9.17) is 5.73 Å². The molecule has 3 aromatic rings. The smallest absolute Gasteiger partial charge is 0.221 e. The van der Waals surface area contributed by atoms with Crippen LogP contribution in [0.25, 0.3) is 0 Å². The highest BCUT2D eigenvalue weighted by Gasteiger charge is 2.13. The van der Waals surface area contributed by atoms with Gasteiger partial charge in [0.2, 0.25) is 5.95 Å². The maximum Gasteiger partial charge on any atom is 0.221 e. The minimum absolute atomic E-state index is 0.200. The second kappa shape index (κ2) is 8.29. The molecule has 1 atom stereocenters. The van der Waals surface area contributed by atoms with Crippen molar-refractivity contribution in [1.29, 1.82) is 0 Å². The van der Waals surface area contributed by atoms with E-state index in [9.17, 15) is 0 Å². The number of nitrogens with zero attached hydrogens (tertiary/aromatic N) is 2. The van der Waals surface area contributed by atoms with Crippen LogP contribution in [0.3, 0.4) is 0 Å². The van der Waals surface area contributed by atoms with Crippen molar-refractivity contribution in [2.45, 2.75) is 32.2 Å². The molecule has 0 aliphatic rings. The summed E-state index contributed by atoms with van der Waals surface area (Å²) in [4.78, 5) is 8.64. The third-order valence-corrected chi connectivity index (χ3v) is 4.33. The van der Waals surface area contributed by atoms with Gasteiger partial charge in [-0.15, -0.1) is 0 Å². The third-order valence-electron chi connectivity index (χ3n) is 4.33. The summed E-state index contributed by atoms with van der Waals surface area (Å²) in [6.45, 7) is 2.17. The van der Waals surface area contributed by atoms with E-state index in [1.807, 2.05) is 18.3 Å². The number of hydrogen-bond donors (Lipinski definition) is 2. The first-order chi connectivity index (χ1) is 12.3. The van der Waals surface area contributed by atoms with E-state index in [0.717, 1.165) is 30.6 Å². The van der Waals surface area contributed by atoms with Gasteiger partial charge in [-0.1, -0.05) is 67.6 Å². The lowest BCUT2D eigenvalue weighted by Gasteiger charge is -2.20. The first kappa shape index (κ1) is 17.0. The molecule has 1 heterocycles. The van der Waals surface area contributed by atoms with Crippen molar-refractivity contribution in [3.8, 4) is 0 Å². The van der Waals surface area contributed by atoms with E-state index in [1.54, 1.807) is 0 Å². The summed E-state index contributed by atoms with van der Waals surface area (Å²) in [6.07, 6.45) is 4.63. The zero-order valence-corrected chi connectivity index (χ0v) is 14.5. The SMILES string of the molecule is CC[C@H](Nc1nc(N)ncc1CCc1ccccc1)c1ccccc1. The molecule has 0 unspecified atom stereocenters. The number of anilines is 2. The summed E-state index contributed by atoms with van der Waals surface area (Å²) in [7, 11) is 0. The van der Waals surface area contributed by atoms with Crippen LogP contribution in [0.1, 0.15) is 36.1 Å². The number of aromatic nitrogens is 2. The largest absolute Gasteiger partial charge is 0.368 e. The molecule has 0 fully saturated rings. The van der Waals surface area contributed by atoms with Crippen molar-refractivity contribution in [3.63, 3.8) is 0 Å². The van der Waals surface area contributed by atoms with Crippen molar-refractivity contribution >= 4 is 11.8 Å². The molecule has 3 rings (SSSR count). The topological polar surface area (TPSA) is 63.8 Å². The Bertz CT molecular complexity index is 788. The van der Waals surface area contributed by atoms with Gasteiger partial charge in [0.05, 0.1) is 6.04 Å². The number of nitrogen functional groups attached to an aromatic ring is 1. The van der Waals surface area contributed by atoms with Gasteiger partial charge in [-0.05, 0) is 30.4 Å². The lowest BCUT2D eigenvalue weighted by Crippen LogP contribution is -2.14. The van der Waals surface area contributed by atoms with Gasteiger partial charge in [0.1, 0.15) is 5.82 Å². The van der Waals surface area contributed by atoms with Gasteiger partial charge in [0.25, 0.3) is 0 Å². The van der Waals surface area contributed by atoms with Crippen molar-refractivity contribution in [3.05, 3.63) is 83.6 Å². The maximum atomic E-state index is 5.83. The molecule has 0 spiro atoms. The first-order valence-electron chi connectivity index (χ1n) is 8.73. The van der Waals surface area contributed by atoms with Gasteiger partial charge in [-0.25, -0.2) is 4.98 Å². The highest BCUT2D eigenvalue weighted by atomic mass is 15.1. The van der Waals surface area contributed by atoms with Crippen molar-refractivity contribution < 1.29 is 0 Å². The summed E-state index contributed by atoms with van der Waals surface area (Å²) in [5, 5.41) is 3.56. The summed E-state index contributed by atoms with van der Waals surface area (Å²) < 4.78 is 0. The lowest BCUT2D eigenvalue weighted by atomic mass is 10.0. The van der Waals surface area contributed by atoms with Gasteiger partial charge in [0, 0.05) is 11.8 Å². The van der Waals surface area contributed by atoms with Crippen LogP contribution in [-0.4, -0.2) is 9.97 Å². The zero-order valence-electron chi connectivity index (χ0n) is 14.5. The fraction of sp³-hybridized carbons (Fsp3) is 0.238. The summed E-state index contributed by atoms with van der Waals surface area (Å²) in [6, 6.07) is 21.1. The minimum atomic E-state index is 0.200. The maximum absolute atomic E-state index is 5.83. The Hall–Kier alpha value is -2.88. The monoisotopic (exact) mass is 332 g/mol. The Morgan fingerprint density at radius 3 is 2.32 bits per heavy atom.